The summed E-state index contributed by atoms with van der Waals surface area (Å²) >= 11 is 0. The van der Waals surface area contributed by atoms with E-state index >= 15 is 0 Å². The predicted octanol–water partition coefficient (Wildman–Crippen LogP) is 1.23. The summed E-state index contributed by atoms with van der Waals surface area (Å²) < 4.78 is 0. The topological polar surface area (TPSA) is 40.9 Å². The summed E-state index contributed by atoms with van der Waals surface area (Å²) in [6.07, 6.45) is 1.61. The van der Waals surface area contributed by atoms with Crippen molar-refractivity contribution in [1.29, 1.82) is 0 Å². The van der Waals surface area contributed by atoms with Gasteiger partial charge < -0.3 is 0 Å². The predicted molar refractivity (Wildman–Crippen MR) is 32.2 cm³/mol. The van der Waals surface area contributed by atoms with Crippen molar-refractivity contribution in [1.82, 2.24) is 5.73 Å². The average molecular weight is 114 g/mol. The van der Waals surface area contributed by atoms with E-state index < -0.39 is 5.91 Å². The van der Waals surface area contributed by atoms with Gasteiger partial charge in [0.1, 0.15) is 0 Å². The monoisotopic (exact) mass is 114 g/mol. The Morgan fingerprint density at radius 1 is 1.50 bits per heavy atom. The molecule has 0 spiro atoms. The molecule has 0 aromatic rings. The molecule has 0 saturated heterocycles. The van der Waals surface area contributed by atoms with Gasteiger partial charge in [-0.05, 0) is 12.8 Å². The van der Waals surface area contributed by atoms with Gasteiger partial charge in [-0.2, -0.15) is 0 Å². The third-order valence-electron chi connectivity index (χ3n) is 1.36. The fourth-order valence-electron chi connectivity index (χ4n) is 0.659. The average Bonchev–Trinajstić information content (AvgIpc) is 1.69. The van der Waals surface area contributed by atoms with Gasteiger partial charge in [0.2, 0.25) is 5.91 Å². The van der Waals surface area contributed by atoms with Crippen LogP contribution in [0.4, 0.5) is 0 Å². The Morgan fingerprint density at radius 3 is 1.88 bits per heavy atom. The minimum Gasteiger partial charge on any atom is -0.273 e. The van der Waals surface area contributed by atoms with Crippen LogP contribution < -0.4 is 5.73 Å². The van der Waals surface area contributed by atoms with Crippen LogP contribution in [0.1, 0.15) is 26.7 Å². The highest BCUT2D eigenvalue weighted by atomic mass is 16.1. The summed E-state index contributed by atoms with van der Waals surface area (Å²) in [5, 5.41) is 0. The molecule has 47 valence electrons. The summed E-state index contributed by atoms with van der Waals surface area (Å²) in [5.41, 5.74) is 6.70. The molecule has 2 nitrogen and oxygen atoms in total. The lowest BCUT2D eigenvalue weighted by atomic mass is 10.0. The number of nitrogens with one attached hydrogen (secondary N) is 1. The fourth-order valence-corrected chi connectivity index (χ4v) is 0.659. The van der Waals surface area contributed by atoms with Crippen molar-refractivity contribution in [3.63, 3.8) is 0 Å². The maximum absolute atomic E-state index is 10.3. The Balaban J connectivity index is 3.52. The second kappa shape index (κ2) is 3.47. The van der Waals surface area contributed by atoms with E-state index in [0.29, 0.717) is 0 Å². The van der Waals surface area contributed by atoms with Crippen molar-refractivity contribution in [3.8, 4) is 0 Å². The van der Waals surface area contributed by atoms with E-state index in [1.807, 2.05) is 13.8 Å². The van der Waals surface area contributed by atoms with Crippen LogP contribution in [0.25, 0.3) is 0 Å². The summed E-state index contributed by atoms with van der Waals surface area (Å²) in [7, 11) is 0. The zero-order chi connectivity index (χ0) is 6.57. The lowest BCUT2D eigenvalue weighted by molar-refractivity contribution is -0.122. The van der Waals surface area contributed by atoms with Gasteiger partial charge >= 0.3 is 0 Å². The zero-order valence-corrected chi connectivity index (χ0v) is 5.40. The Labute approximate surface area is 50.1 Å². The van der Waals surface area contributed by atoms with Gasteiger partial charge in [0, 0.05) is 5.92 Å². The molecule has 0 fully saturated rings. The standard InChI is InChI=1S/C6H12NO/c1-3-5(4-2)6(7)8/h5,7H,3-4H2,1-2H3. The summed E-state index contributed by atoms with van der Waals surface area (Å²) in [6, 6.07) is 0. The summed E-state index contributed by atoms with van der Waals surface area (Å²) in [5.74, 6) is -0.440. The molecule has 0 unspecified atom stereocenters. The molecule has 1 N–H and O–H groups in total. The minimum absolute atomic E-state index is 0.0185. The van der Waals surface area contributed by atoms with Crippen LogP contribution in [0.2, 0.25) is 0 Å². The Bertz CT molecular complexity index is 76.6. The highest BCUT2D eigenvalue weighted by Gasteiger charge is 2.08. The normalized spacial score (nSPS) is 9.88. The fraction of sp³-hybridized carbons (Fsp3) is 0.833. The first-order valence-electron chi connectivity index (χ1n) is 2.97. The van der Waals surface area contributed by atoms with E-state index in [4.69, 9.17) is 5.73 Å². The van der Waals surface area contributed by atoms with Crippen molar-refractivity contribution in [3.05, 3.63) is 0 Å². The maximum atomic E-state index is 10.3. The molecule has 0 heterocycles. The van der Waals surface area contributed by atoms with Crippen LogP contribution >= 0.6 is 0 Å². The molecule has 0 atom stereocenters. The number of hydrogen-bond donors (Lipinski definition) is 0. The third-order valence-corrected chi connectivity index (χ3v) is 1.36. The first kappa shape index (κ1) is 7.47. The van der Waals surface area contributed by atoms with E-state index in [1.165, 1.54) is 0 Å². The Hall–Kier alpha value is -0.530. The molecule has 8 heavy (non-hydrogen) atoms. The summed E-state index contributed by atoms with van der Waals surface area (Å²) in [6.45, 7) is 3.86. The number of carbonyl (C=O) groups is 1. The van der Waals surface area contributed by atoms with Gasteiger partial charge in [0.15, 0.2) is 0 Å². The number of carbonyl (C=O) groups excluding carboxylic acids is 1. The third kappa shape index (κ3) is 1.96. The Kier molecular flexibility index (Phi) is 3.24. The van der Waals surface area contributed by atoms with Gasteiger partial charge in [0.25, 0.3) is 0 Å². The number of rotatable bonds is 3. The van der Waals surface area contributed by atoms with E-state index in [2.05, 4.69) is 0 Å². The highest BCUT2D eigenvalue weighted by molar-refractivity contribution is 5.75. The highest BCUT2D eigenvalue weighted by Crippen LogP contribution is 2.05. The maximum Gasteiger partial charge on any atom is 0.241 e. The van der Waals surface area contributed by atoms with Gasteiger partial charge in [-0.25, -0.2) is 0 Å². The first-order chi connectivity index (χ1) is 3.72. The van der Waals surface area contributed by atoms with Crippen LogP contribution in [0.3, 0.4) is 0 Å². The van der Waals surface area contributed by atoms with Gasteiger partial charge in [-0.1, -0.05) is 13.8 Å². The van der Waals surface area contributed by atoms with Crippen molar-refractivity contribution in [2.75, 3.05) is 0 Å². The van der Waals surface area contributed by atoms with Crippen LogP contribution in [0, 0.1) is 5.92 Å². The van der Waals surface area contributed by atoms with Gasteiger partial charge in [-0.3, -0.25) is 10.5 Å². The molecule has 1 radical (unpaired) electrons. The molecule has 0 aliphatic carbocycles. The molecule has 0 aliphatic rings. The second-order valence-electron chi connectivity index (χ2n) is 1.88. The van der Waals surface area contributed by atoms with Crippen molar-refractivity contribution >= 4 is 5.91 Å². The molecular weight excluding hydrogens is 102 g/mol. The largest absolute Gasteiger partial charge is 0.273 e. The smallest absolute Gasteiger partial charge is 0.241 e. The molecule has 0 aromatic carbocycles. The molecule has 0 aliphatic heterocycles. The quantitative estimate of drug-likeness (QED) is 0.544. The summed E-state index contributed by atoms with van der Waals surface area (Å²) in [4.78, 5) is 10.3. The zero-order valence-electron chi connectivity index (χ0n) is 5.40. The molecule has 0 bridgehead atoms. The molecule has 0 rings (SSSR count). The van der Waals surface area contributed by atoms with Crippen LogP contribution in [-0.2, 0) is 4.79 Å². The van der Waals surface area contributed by atoms with Gasteiger partial charge in [-0.15, -0.1) is 0 Å². The SMILES string of the molecule is CCC(CC)C([NH])=O. The van der Waals surface area contributed by atoms with E-state index in [1.54, 1.807) is 0 Å². The Morgan fingerprint density at radius 2 is 1.88 bits per heavy atom. The number of hydrogen-bond acceptors (Lipinski definition) is 1. The van der Waals surface area contributed by atoms with E-state index in [0.717, 1.165) is 12.8 Å². The van der Waals surface area contributed by atoms with Crippen LogP contribution in [-0.4, -0.2) is 5.91 Å². The molecule has 0 saturated carbocycles. The lowest BCUT2D eigenvalue weighted by Crippen LogP contribution is -2.12. The van der Waals surface area contributed by atoms with E-state index in [9.17, 15) is 4.79 Å². The number of amides is 1. The molecule has 0 aromatic heterocycles. The van der Waals surface area contributed by atoms with Crippen LogP contribution in [0.15, 0.2) is 0 Å². The second-order valence-corrected chi connectivity index (χ2v) is 1.88. The molecular formula is C6H12NO. The first-order valence-corrected chi connectivity index (χ1v) is 2.97. The molecule has 2 heteroatoms. The van der Waals surface area contributed by atoms with Crippen LogP contribution in [0.5, 0.6) is 0 Å². The molecule has 1 amide bonds. The van der Waals surface area contributed by atoms with Gasteiger partial charge in [0.05, 0.1) is 0 Å². The van der Waals surface area contributed by atoms with Crippen molar-refractivity contribution < 1.29 is 4.79 Å². The van der Waals surface area contributed by atoms with E-state index in [-0.39, 0.29) is 5.92 Å². The van der Waals surface area contributed by atoms with Crippen molar-refractivity contribution in [2.24, 2.45) is 5.92 Å². The lowest BCUT2D eigenvalue weighted by Gasteiger charge is -2.03. The minimum atomic E-state index is -0.421. The van der Waals surface area contributed by atoms with Crippen molar-refractivity contribution in [2.45, 2.75) is 26.7 Å².